The highest BCUT2D eigenvalue weighted by Crippen LogP contribution is 2.32. The number of hydrogen-bond donors (Lipinski definition) is 3. The summed E-state index contributed by atoms with van der Waals surface area (Å²) in [5.41, 5.74) is 3.01. The summed E-state index contributed by atoms with van der Waals surface area (Å²) in [6, 6.07) is 3.87. The van der Waals surface area contributed by atoms with Gasteiger partial charge in [-0.05, 0) is 44.7 Å². The first-order valence-corrected chi connectivity index (χ1v) is 15.8. The average molecular weight is 647 g/mol. The molecule has 13 heteroatoms. The Balaban J connectivity index is 1.72. The second kappa shape index (κ2) is 15.2. The zero-order valence-corrected chi connectivity index (χ0v) is 28.2. The molecule has 0 aliphatic carbocycles. The monoisotopic (exact) mass is 646 g/mol. The van der Waals surface area contributed by atoms with Gasteiger partial charge in [0.2, 0.25) is 17.7 Å². The van der Waals surface area contributed by atoms with E-state index in [9.17, 15) is 24.3 Å². The van der Waals surface area contributed by atoms with E-state index in [0.29, 0.717) is 11.3 Å². The lowest BCUT2D eigenvalue weighted by atomic mass is 9.85. The van der Waals surface area contributed by atoms with Crippen molar-refractivity contribution in [3.05, 3.63) is 35.0 Å². The summed E-state index contributed by atoms with van der Waals surface area (Å²) >= 11 is 1.50. The van der Waals surface area contributed by atoms with Crippen molar-refractivity contribution in [2.75, 3.05) is 26.4 Å². The van der Waals surface area contributed by atoms with E-state index in [0.717, 1.165) is 16.1 Å². The third-order valence-electron chi connectivity index (χ3n) is 6.98. The molecule has 2 aromatic rings. The molecular formula is C32H46N4O8S. The lowest BCUT2D eigenvalue weighted by Gasteiger charge is -2.35. The van der Waals surface area contributed by atoms with Gasteiger partial charge in [0.1, 0.15) is 36.6 Å². The predicted octanol–water partition coefficient (Wildman–Crippen LogP) is 2.98. The molecule has 1 aromatic heterocycles. The van der Waals surface area contributed by atoms with E-state index in [1.165, 1.54) is 23.2 Å². The molecule has 3 N–H and O–H groups in total. The minimum atomic E-state index is -0.907. The van der Waals surface area contributed by atoms with Gasteiger partial charge in [0.05, 0.1) is 28.8 Å². The number of aliphatic hydroxyl groups excluding tert-OH is 1. The Morgan fingerprint density at radius 1 is 1.13 bits per heavy atom. The lowest BCUT2D eigenvalue weighted by Crippen LogP contribution is -2.57. The fourth-order valence-corrected chi connectivity index (χ4v) is 5.72. The smallest absolute Gasteiger partial charge is 0.332 e. The van der Waals surface area contributed by atoms with Crippen LogP contribution in [0.4, 0.5) is 0 Å². The lowest BCUT2D eigenvalue weighted by molar-refractivity contribution is -0.160. The Bertz CT molecular complexity index is 1360. The highest BCUT2D eigenvalue weighted by molar-refractivity contribution is 7.13. The van der Waals surface area contributed by atoms with Crippen LogP contribution in [0.2, 0.25) is 0 Å². The summed E-state index contributed by atoms with van der Waals surface area (Å²) in [6.07, 6.45) is -0.791. The molecule has 1 fully saturated rings. The van der Waals surface area contributed by atoms with Crippen molar-refractivity contribution in [1.29, 1.82) is 0 Å². The third kappa shape index (κ3) is 10.5. The number of carbonyl (C=O) groups is 4. The number of benzene rings is 1. The number of carbonyl (C=O) groups excluding carboxylic acids is 4. The Morgan fingerprint density at radius 3 is 2.44 bits per heavy atom. The van der Waals surface area contributed by atoms with Gasteiger partial charge in [-0.1, -0.05) is 32.9 Å². The zero-order valence-electron chi connectivity index (χ0n) is 27.4. The normalized spacial score (nSPS) is 17.5. The van der Waals surface area contributed by atoms with Gasteiger partial charge >= 0.3 is 5.97 Å². The number of aliphatic hydroxyl groups is 1. The molecular weight excluding hydrogens is 600 g/mol. The number of thiazole rings is 1. The number of esters is 1. The molecule has 3 rings (SSSR count). The Labute approximate surface area is 268 Å². The van der Waals surface area contributed by atoms with Gasteiger partial charge in [-0.3, -0.25) is 14.4 Å². The van der Waals surface area contributed by atoms with Crippen LogP contribution in [0.3, 0.4) is 0 Å². The van der Waals surface area contributed by atoms with Crippen molar-refractivity contribution in [1.82, 2.24) is 20.5 Å². The number of aromatic nitrogens is 1. The van der Waals surface area contributed by atoms with E-state index in [1.54, 1.807) is 26.3 Å². The predicted molar refractivity (Wildman–Crippen MR) is 169 cm³/mol. The van der Waals surface area contributed by atoms with E-state index < -0.39 is 47.0 Å². The molecule has 248 valence electrons. The minimum Gasteiger partial charge on any atom is -0.491 e. The van der Waals surface area contributed by atoms with Gasteiger partial charge in [-0.15, -0.1) is 11.3 Å². The van der Waals surface area contributed by atoms with Crippen molar-refractivity contribution >= 4 is 35.0 Å². The number of aryl methyl sites for hydroxylation is 1. The summed E-state index contributed by atoms with van der Waals surface area (Å²) in [5.74, 6) is -1.16. The Morgan fingerprint density at radius 2 is 1.84 bits per heavy atom. The van der Waals surface area contributed by atoms with Gasteiger partial charge in [0, 0.05) is 32.0 Å². The molecule has 0 unspecified atom stereocenters. The van der Waals surface area contributed by atoms with E-state index in [2.05, 4.69) is 15.6 Å². The van der Waals surface area contributed by atoms with Gasteiger partial charge < -0.3 is 34.9 Å². The third-order valence-corrected chi connectivity index (χ3v) is 7.96. The van der Waals surface area contributed by atoms with Gasteiger partial charge in [0.15, 0.2) is 0 Å². The number of nitrogens with zero attached hydrogens (tertiary/aromatic N) is 2. The van der Waals surface area contributed by atoms with Crippen molar-refractivity contribution in [2.24, 2.45) is 5.41 Å². The highest BCUT2D eigenvalue weighted by Gasteiger charge is 2.44. The van der Waals surface area contributed by atoms with Crippen LogP contribution in [-0.2, 0) is 35.2 Å². The maximum absolute atomic E-state index is 13.5. The Hall–Kier alpha value is -3.55. The van der Waals surface area contributed by atoms with Crippen LogP contribution < -0.4 is 15.4 Å². The molecule has 1 aliphatic heterocycles. The molecule has 1 saturated heterocycles. The summed E-state index contributed by atoms with van der Waals surface area (Å²) in [4.78, 5) is 57.4. The first kappa shape index (κ1) is 35.9. The minimum absolute atomic E-state index is 0.0103. The largest absolute Gasteiger partial charge is 0.491 e. The molecule has 12 nitrogen and oxygen atoms in total. The first-order chi connectivity index (χ1) is 21.0. The maximum atomic E-state index is 13.5. The van der Waals surface area contributed by atoms with Gasteiger partial charge in [0.25, 0.3) is 0 Å². The van der Waals surface area contributed by atoms with Crippen LogP contribution >= 0.6 is 11.3 Å². The van der Waals surface area contributed by atoms with Crippen molar-refractivity contribution < 1.29 is 38.5 Å². The molecule has 1 aliphatic rings. The van der Waals surface area contributed by atoms with Gasteiger partial charge in [-0.2, -0.15) is 0 Å². The van der Waals surface area contributed by atoms with E-state index in [1.807, 2.05) is 45.9 Å². The molecule has 2 heterocycles. The molecule has 0 radical (unpaired) electrons. The van der Waals surface area contributed by atoms with Crippen molar-refractivity contribution in [3.8, 4) is 16.2 Å². The molecule has 1 aromatic carbocycles. The number of ether oxygens (including phenoxy) is 3. The second-order valence-electron chi connectivity index (χ2n) is 13.2. The summed E-state index contributed by atoms with van der Waals surface area (Å²) in [7, 11) is 0. The summed E-state index contributed by atoms with van der Waals surface area (Å²) in [5, 5.41) is 16.0. The van der Waals surface area contributed by atoms with E-state index >= 15 is 0 Å². The second-order valence-corrected chi connectivity index (χ2v) is 14.0. The number of amides is 3. The van der Waals surface area contributed by atoms with E-state index in [4.69, 9.17) is 14.2 Å². The van der Waals surface area contributed by atoms with Crippen LogP contribution in [0.25, 0.3) is 10.4 Å². The SMILES string of the molecule is CC(=O)N[C@H](C(=O)N1C[C@H](O)C[C@H]1C(=O)NCc1ccc(-c2scnc2C)cc1OCCOCC(=O)OC(C)(C)C)C(C)(C)C. The number of likely N-dealkylation sites (tertiary alicyclic amines) is 1. The molecule has 0 spiro atoms. The number of hydrogen-bond acceptors (Lipinski definition) is 10. The van der Waals surface area contributed by atoms with E-state index in [-0.39, 0.29) is 45.2 Å². The number of nitrogens with one attached hydrogen (secondary N) is 2. The van der Waals surface area contributed by atoms with Crippen LogP contribution in [0.1, 0.15) is 66.1 Å². The standard InChI is InChI=1S/C32H46N4O8S/c1-19-27(45-18-34-19)21-9-10-22(25(13-21)43-12-11-42-17-26(39)44-32(6,7)8)15-33-29(40)24-14-23(38)16-36(24)30(41)28(31(3,4)5)35-20(2)37/h9-10,13,18,23-24,28,38H,11-12,14-17H2,1-8H3,(H,33,40)(H,35,37)/t23-,24+,28-/m1/s1. The van der Waals surface area contributed by atoms with Crippen molar-refractivity contribution in [2.45, 2.75) is 92.1 Å². The molecule has 0 saturated carbocycles. The molecule has 3 amide bonds. The fraction of sp³-hybridized carbons (Fsp3) is 0.594. The molecule has 0 bridgehead atoms. The number of β-amino-alcohol motifs (C(OH)–C–C–N with tert-alkyl or cyclic N) is 1. The van der Waals surface area contributed by atoms with Crippen LogP contribution in [-0.4, -0.2) is 88.8 Å². The Kier molecular flexibility index (Phi) is 12.1. The number of rotatable bonds is 12. The highest BCUT2D eigenvalue weighted by atomic mass is 32.1. The quantitative estimate of drug-likeness (QED) is 0.233. The van der Waals surface area contributed by atoms with Crippen LogP contribution in [0.15, 0.2) is 23.7 Å². The zero-order chi connectivity index (χ0) is 33.5. The average Bonchev–Trinajstić information content (AvgIpc) is 3.53. The molecule has 3 atom stereocenters. The summed E-state index contributed by atoms with van der Waals surface area (Å²) < 4.78 is 16.7. The summed E-state index contributed by atoms with van der Waals surface area (Å²) in [6.45, 7) is 14.2. The van der Waals surface area contributed by atoms with Crippen molar-refractivity contribution in [3.63, 3.8) is 0 Å². The van der Waals surface area contributed by atoms with Crippen LogP contribution in [0.5, 0.6) is 5.75 Å². The maximum Gasteiger partial charge on any atom is 0.332 e. The van der Waals surface area contributed by atoms with Crippen LogP contribution in [0, 0.1) is 12.3 Å². The van der Waals surface area contributed by atoms with Gasteiger partial charge in [-0.25, -0.2) is 9.78 Å². The fourth-order valence-electron chi connectivity index (χ4n) is 4.92. The molecule has 45 heavy (non-hydrogen) atoms. The first-order valence-electron chi connectivity index (χ1n) is 15.0. The topological polar surface area (TPSA) is 156 Å².